The molecule has 0 radical (unpaired) electrons. The number of benzene rings is 2. The number of carbonyl (C=O) groups excluding carboxylic acids is 1. The number of hydrogen-bond acceptors (Lipinski definition) is 5. The molecule has 2 aromatic carbocycles. The van der Waals surface area contributed by atoms with Crippen molar-refractivity contribution in [3.63, 3.8) is 0 Å². The van der Waals surface area contributed by atoms with Gasteiger partial charge in [0.05, 0.1) is 31.2 Å². The summed E-state index contributed by atoms with van der Waals surface area (Å²) in [4.78, 5) is 14.9. The molecule has 3 aromatic rings. The van der Waals surface area contributed by atoms with Gasteiger partial charge < -0.3 is 19.1 Å². The van der Waals surface area contributed by atoms with Crippen molar-refractivity contribution in [2.24, 2.45) is 0 Å². The molecule has 0 aliphatic carbocycles. The topological polar surface area (TPSA) is 76.7 Å². The second-order valence-electron chi connectivity index (χ2n) is 7.65. The highest BCUT2D eigenvalue weighted by molar-refractivity contribution is 5.97. The largest absolute Gasteiger partial charge is 0.496 e. The number of methoxy groups -OCH3 is 2. The fourth-order valence-corrected chi connectivity index (χ4v) is 4.00. The fraction of sp³-hybridized carbons (Fsp3) is 0.333. The van der Waals surface area contributed by atoms with E-state index in [1.165, 1.54) is 0 Å². The van der Waals surface area contributed by atoms with Crippen LogP contribution in [0.15, 0.2) is 48.5 Å². The smallest absolute Gasteiger partial charge is 0.257 e. The second-order valence-corrected chi connectivity index (χ2v) is 7.65. The fourth-order valence-electron chi connectivity index (χ4n) is 4.00. The van der Waals surface area contributed by atoms with Crippen LogP contribution in [0.3, 0.4) is 0 Å². The molecular formula is C24H27N3O4. The number of aromatic nitrogens is 2. The van der Waals surface area contributed by atoms with Gasteiger partial charge in [-0.25, -0.2) is 0 Å². The third-order valence-electron chi connectivity index (χ3n) is 5.64. The zero-order valence-electron chi connectivity index (χ0n) is 18.1. The number of hydrogen-bond donors (Lipinski definition) is 1. The molecule has 4 rings (SSSR count). The SMILES string of the molecule is COc1ccccc1OCc1cc(C2CCN(C(=O)c3cccc(C)c3OC)C2)n[nH]1. The Balaban J connectivity index is 1.39. The monoisotopic (exact) mass is 421 g/mol. The van der Waals surface area contributed by atoms with E-state index in [0.717, 1.165) is 23.4 Å². The molecule has 162 valence electrons. The van der Waals surface area contributed by atoms with Crippen LogP contribution in [-0.4, -0.2) is 48.3 Å². The summed E-state index contributed by atoms with van der Waals surface area (Å²) in [5, 5.41) is 7.52. The van der Waals surface area contributed by atoms with Crippen molar-refractivity contribution in [2.45, 2.75) is 25.9 Å². The molecule has 1 atom stereocenters. The first-order chi connectivity index (χ1) is 15.1. The number of carbonyl (C=O) groups is 1. The van der Waals surface area contributed by atoms with Crippen LogP contribution in [0.4, 0.5) is 0 Å². The predicted molar refractivity (Wildman–Crippen MR) is 117 cm³/mol. The number of nitrogens with zero attached hydrogens (tertiary/aromatic N) is 2. The molecule has 1 aromatic heterocycles. The quantitative estimate of drug-likeness (QED) is 0.625. The summed E-state index contributed by atoms with van der Waals surface area (Å²) in [5.74, 6) is 2.21. The molecule has 1 aliphatic rings. The van der Waals surface area contributed by atoms with Gasteiger partial charge in [0.1, 0.15) is 12.4 Å². The van der Waals surface area contributed by atoms with Gasteiger partial charge in [0.25, 0.3) is 5.91 Å². The summed E-state index contributed by atoms with van der Waals surface area (Å²) >= 11 is 0. The molecule has 0 saturated carbocycles. The third kappa shape index (κ3) is 4.35. The number of para-hydroxylation sites is 3. The van der Waals surface area contributed by atoms with Gasteiger partial charge in [-0.2, -0.15) is 5.10 Å². The Hall–Kier alpha value is -3.48. The van der Waals surface area contributed by atoms with Gasteiger partial charge >= 0.3 is 0 Å². The summed E-state index contributed by atoms with van der Waals surface area (Å²) in [7, 11) is 3.22. The Bertz CT molecular complexity index is 1060. The molecular weight excluding hydrogens is 394 g/mol. The van der Waals surface area contributed by atoms with Crippen LogP contribution in [0, 0.1) is 6.92 Å². The Kier molecular flexibility index (Phi) is 6.11. The number of H-pyrrole nitrogens is 1. The van der Waals surface area contributed by atoms with Gasteiger partial charge in [0.2, 0.25) is 0 Å². The lowest BCUT2D eigenvalue weighted by atomic mass is 10.0. The first-order valence-electron chi connectivity index (χ1n) is 10.3. The van der Waals surface area contributed by atoms with Gasteiger partial charge in [-0.3, -0.25) is 9.89 Å². The summed E-state index contributed by atoms with van der Waals surface area (Å²) < 4.78 is 16.7. The van der Waals surface area contributed by atoms with Crippen LogP contribution in [0.2, 0.25) is 0 Å². The maximum absolute atomic E-state index is 13.1. The Morgan fingerprint density at radius 2 is 1.94 bits per heavy atom. The number of aryl methyl sites for hydroxylation is 1. The minimum atomic E-state index is -0.00156. The van der Waals surface area contributed by atoms with E-state index < -0.39 is 0 Å². The Morgan fingerprint density at radius 1 is 1.13 bits per heavy atom. The van der Waals surface area contributed by atoms with Crippen molar-refractivity contribution in [3.05, 3.63) is 71.0 Å². The molecule has 7 heteroatoms. The molecule has 1 amide bonds. The Morgan fingerprint density at radius 3 is 2.71 bits per heavy atom. The summed E-state index contributed by atoms with van der Waals surface area (Å²) in [6, 6.07) is 15.2. The molecule has 1 aliphatic heterocycles. The van der Waals surface area contributed by atoms with Crippen molar-refractivity contribution in [1.82, 2.24) is 15.1 Å². The molecule has 31 heavy (non-hydrogen) atoms. The second kappa shape index (κ2) is 9.12. The van der Waals surface area contributed by atoms with Gasteiger partial charge in [-0.1, -0.05) is 24.3 Å². The van der Waals surface area contributed by atoms with E-state index in [1.807, 2.05) is 60.4 Å². The molecule has 0 bridgehead atoms. The molecule has 2 heterocycles. The van der Waals surface area contributed by atoms with Crippen molar-refractivity contribution < 1.29 is 19.0 Å². The van der Waals surface area contributed by atoms with Crippen LogP contribution in [-0.2, 0) is 6.61 Å². The van der Waals surface area contributed by atoms with E-state index in [4.69, 9.17) is 14.2 Å². The van der Waals surface area contributed by atoms with E-state index in [9.17, 15) is 4.79 Å². The zero-order valence-corrected chi connectivity index (χ0v) is 18.1. The highest BCUT2D eigenvalue weighted by Gasteiger charge is 2.31. The van der Waals surface area contributed by atoms with Crippen molar-refractivity contribution in [3.8, 4) is 17.2 Å². The molecule has 1 fully saturated rings. The number of ether oxygens (including phenoxy) is 3. The minimum absolute atomic E-state index is 0.00156. The van der Waals surface area contributed by atoms with Crippen molar-refractivity contribution >= 4 is 5.91 Å². The van der Waals surface area contributed by atoms with Crippen molar-refractivity contribution in [2.75, 3.05) is 27.3 Å². The normalized spacial score (nSPS) is 15.7. The summed E-state index contributed by atoms with van der Waals surface area (Å²) in [6.07, 6.45) is 0.873. The molecule has 1 unspecified atom stereocenters. The molecule has 0 spiro atoms. The summed E-state index contributed by atoms with van der Waals surface area (Å²) in [5.41, 5.74) is 3.39. The van der Waals surface area contributed by atoms with Crippen molar-refractivity contribution in [1.29, 1.82) is 0 Å². The van der Waals surface area contributed by atoms with Crippen LogP contribution >= 0.6 is 0 Å². The van der Waals surface area contributed by atoms with Crippen LogP contribution in [0.5, 0.6) is 17.2 Å². The lowest BCUT2D eigenvalue weighted by molar-refractivity contribution is 0.0787. The summed E-state index contributed by atoms with van der Waals surface area (Å²) in [6.45, 7) is 3.64. The molecule has 1 N–H and O–H groups in total. The Labute approximate surface area is 181 Å². The van der Waals surface area contributed by atoms with Gasteiger partial charge in [0.15, 0.2) is 11.5 Å². The third-order valence-corrected chi connectivity index (χ3v) is 5.64. The number of amides is 1. The average molecular weight is 421 g/mol. The van der Waals surface area contributed by atoms with Crippen LogP contribution in [0.1, 0.15) is 39.6 Å². The minimum Gasteiger partial charge on any atom is -0.496 e. The van der Waals surface area contributed by atoms with E-state index in [1.54, 1.807) is 14.2 Å². The lowest BCUT2D eigenvalue weighted by Crippen LogP contribution is -2.29. The van der Waals surface area contributed by atoms with Gasteiger partial charge in [-0.05, 0) is 43.2 Å². The van der Waals surface area contributed by atoms with E-state index >= 15 is 0 Å². The maximum Gasteiger partial charge on any atom is 0.257 e. The van der Waals surface area contributed by atoms with E-state index in [2.05, 4.69) is 10.2 Å². The van der Waals surface area contributed by atoms with Crippen LogP contribution in [0.25, 0.3) is 0 Å². The first-order valence-corrected chi connectivity index (χ1v) is 10.3. The zero-order chi connectivity index (χ0) is 21.8. The van der Waals surface area contributed by atoms with E-state index in [-0.39, 0.29) is 11.8 Å². The highest BCUT2D eigenvalue weighted by Crippen LogP contribution is 2.31. The maximum atomic E-state index is 13.1. The number of aromatic amines is 1. The first kappa shape index (κ1) is 20.8. The number of nitrogens with one attached hydrogen (secondary N) is 1. The number of likely N-dealkylation sites (tertiary alicyclic amines) is 1. The van der Waals surface area contributed by atoms with E-state index in [0.29, 0.717) is 42.5 Å². The highest BCUT2D eigenvalue weighted by atomic mass is 16.5. The molecule has 7 nitrogen and oxygen atoms in total. The predicted octanol–water partition coefficient (Wildman–Crippen LogP) is 3.94. The van der Waals surface area contributed by atoms with Gasteiger partial charge in [0, 0.05) is 19.0 Å². The average Bonchev–Trinajstić information content (AvgIpc) is 3.47. The standard InChI is InChI=1S/C24H27N3O4/c1-16-7-6-8-19(23(16)30-3)24(28)27-12-11-17(14-27)20-13-18(25-26-20)15-31-22-10-5-4-9-21(22)29-2/h4-10,13,17H,11-12,14-15H2,1-3H3,(H,25,26). The number of rotatable bonds is 7. The van der Waals surface area contributed by atoms with Gasteiger partial charge in [-0.15, -0.1) is 0 Å². The lowest BCUT2D eigenvalue weighted by Gasteiger charge is -2.18. The molecule has 1 saturated heterocycles. The van der Waals surface area contributed by atoms with Crippen LogP contribution < -0.4 is 14.2 Å².